The van der Waals surface area contributed by atoms with Crippen LogP contribution >= 0.6 is 0 Å². The first-order valence-corrected chi connectivity index (χ1v) is 22.1. The third-order valence-corrected chi connectivity index (χ3v) is 12.2. The molecule has 0 spiro atoms. The van der Waals surface area contributed by atoms with E-state index in [-0.39, 0.29) is 73.3 Å². The fourth-order valence-electron chi connectivity index (χ4n) is 8.87. The van der Waals surface area contributed by atoms with Crippen molar-refractivity contribution in [2.75, 3.05) is 0 Å². The van der Waals surface area contributed by atoms with E-state index in [9.17, 15) is 0 Å². The summed E-state index contributed by atoms with van der Waals surface area (Å²) in [5.41, 5.74) is 9.50. The van der Waals surface area contributed by atoms with Gasteiger partial charge < -0.3 is 64.7 Å². The molecule has 0 amide bonds. The molecule has 0 N–H and O–H groups in total. The summed E-state index contributed by atoms with van der Waals surface area (Å²) in [6, 6.07) is 58.5. The fourth-order valence-corrected chi connectivity index (χ4v) is 8.87. The molecule has 0 atom stereocenters. The minimum Gasteiger partial charge on any atom is -0.358 e. The summed E-state index contributed by atoms with van der Waals surface area (Å²) in [5.74, 6) is 2.43. The van der Waals surface area contributed by atoms with Gasteiger partial charge in [-0.1, -0.05) is 158 Å². The first-order valence-electron chi connectivity index (χ1n) is 22.1. The van der Waals surface area contributed by atoms with E-state index in [0.717, 1.165) is 65.3 Å². The molecule has 348 valence electrons. The van der Waals surface area contributed by atoms with Gasteiger partial charge in [-0.25, -0.2) is 9.97 Å². The van der Waals surface area contributed by atoms with Crippen molar-refractivity contribution in [3.8, 4) is 57.7 Å². The maximum Gasteiger partial charge on any atom is 0.101 e. The SMILES string of the molecule is N#Cc1ccccc1C#N.[CH3-].[CH3-].[Zn].[Zn].[Zn].c1ccc2c(c1)-c1nc-2nc2[n-]c(nc3[n-]c(n1)c1ccccc31)c1ccccc21.c1ccc2c(c1)-c1nc-2nc2[n-]c(nc3[n-]c(n1)c1ccccc31)c1ccccc21. The number of nitriles is 2. The molecule has 17 heteroatoms. The molecule has 75 heavy (non-hydrogen) atoms. The number of benzene rings is 7. The van der Waals surface area contributed by atoms with Gasteiger partial charge >= 0.3 is 0 Å². The predicted molar refractivity (Wildman–Crippen MR) is 281 cm³/mol. The average Bonchev–Trinajstić information content (AvgIpc) is 4.27. The van der Waals surface area contributed by atoms with E-state index in [1.165, 1.54) is 0 Å². The van der Waals surface area contributed by atoms with Crippen LogP contribution in [0.15, 0.2) is 170 Å². The molecule has 8 heterocycles. The Labute approximate surface area is 467 Å². The van der Waals surface area contributed by atoms with E-state index in [0.29, 0.717) is 79.6 Å². The van der Waals surface area contributed by atoms with Gasteiger partial charge in [-0.05, 0) is 55.2 Å². The molecule has 0 unspecified atom stereocenters. The molecule has 0 saturated carbocycles. The van der Waals surface area contributed by atoms with E-state index < -0.39 is 0 Å². The normalized spacial score (nSPS) is 10.6. The molecule has 7 aromatic carbocycles. The van der Waals surface area contributed by atoms with Crippen molar-refractivity contribution in [3.63, 3.8) is 0 Å². The fraction of sp³-hybridized carbons (Fsp3) is 0. The van der Waals surface area contributed by atoms with Gasteiger partial charge in [0, 0.05) is 126 Å². The maximum atomic E-state index is 8.45. The maximum absolute atomic E-state index is 8.45. The van der Waals surface area contributed by atoms with Gasteiger partial charge in [-0.3, -0.25) is 0 Å². The number of aromatic nitrogens is 12. The third kappa shape index (κ3) is 9.28. The Bertz CT molecular complexity index is 4030. The molecule has 15 rings (SSSR count). The van der Waals surface area contributed by atoms with Crippen LogP contribution in [0.5, 0.6) is 0 Å². The second-order valence-corrected chi connectivity index (χ2v) is 16.3. The Morgan fingerprint density at radius 2 is 0.440 bits per heavy atom. The van der Waals surface area contributed by atoms with E-state index in [1.54, 1.807) is 24.3 Å². The van der Waals surface area contributed by atoms with Crippen LogP contribution in [-0.2, 0) is 58.4 Å². The second kappa shape index (κ2) is 21.9. The Balaban J connectivity index is 0.000000160. The summed E-state index contributed by atoms with van der Waals surface area (Å²) < 4.78 is 0. The van der Waals surface area contributed by atoms with Crippen LogP contribution in [0.2, 0.25) is 0 Å². The molecule has 0 aliphatic carbocycles. The van der Waals surface area contributed by atoms with Crippen LogP contribution in [0.25, 0.3) is 134 Å². The first-order chi connectivity index (χ1) is 34.6. The molecule has 0 radical (unpaired) electrons. The molecule has 12 bridgehead atoms. The minimum atomic E-state index is 0. The molecule has 0 fully saturated rings. The second-order valence-electron chi connectivity index (χ2n) is 16.3. The van der Waals surface area contributed by atoms with Gasteiger partial charge in [0.15, 0.2) is 0 Å². The number of hydrogen-bond acceptors (Lipinski definition) is 10. The number of nitrogens with zero attached hydrogens (tertiary/aromatic N) is 14. The number of hydrogen-bond donors (Lipinski definition) is 0. The monoisotopic (exact) mass is 1120 g/mol. The molecule has 13 aromatic rings. The summed E-state index contributed by atoms with van der Waals surface area (Å²) in [4.78, 5) is 57.5. The molecule has 2 aliphatic rings. The molecule has 6 aromatic heterocycles. The van der Waals surface area contributed by atoms with Crippen LogP contribution in [0.4, 0.5) is 0 Å². The molecular weight excluding hydrogens is 1090 g/mol. The van der Waals surface area contributed by atoms with Gasteiger partial charge in [0.2, 0.25) is 0 Å². The standard InChI is InChI=1S/2C24H12N6.C8H4N2.2CH3.3Zn/c2*1-2-8-14-13(7-1)19-25-20(14)29-22-17-11-5-6-12-18(17)24(27-22)30-23-16-10-4-3-9-15(16)21(26-23)28-19;9-5-7-3-1-2-4-8(7)6-10;;;;;/h2*1-12H;1-4H;2*1H3;;;/q2*-2;;2*-1;;;. The van der Waals surface area contributed by atoms with Crippen molar-refractivity contribution in [2.24, 2.45) is 0 Å². The summed E-state index contributed by atoms with van der Waals surface area (Å²) >= 11 is 0. The summed E-state index contributed by atoms with van der Waals surface area (Å²) in [6.07, 6.45) is 0. The Morgan fingerprint density at radius 1 is 0.253 bits per heavy atom. The van der Waals surface area contributed by atoms with Crippen LogP contribution in [0, 0.1) is 37.5 Å². The first kappa shape index (κ1) is 52.7. The molecule has 0 saturated heterocycles. The van der Waals surface area contributed by atoms with Crippen molar-refractivity contribution in [1.82, 2.24) is 59.8 Å². The minimum absolute atomic E-state index is 0. The van der Waals surface area contributed by atoms with Gasteiger partial charge in [0.25, 0.3) is 0 Å². The number of rotatable bonds is 0. The third-order valence-electron chi connectivity index (χ3n) is 12.2. The largest absolute Gasteiger partial charge is 0.358 e. The van der Waals surface area contributed by atoms with E-state index in [2.05, 4.69) is 0 Å². The zero-order valence-corrected chi connectivity index (χ0v) is 49.4. The Kier molecular flexibility index (Phi) is 15.4. The van der Waals surface area contributed by atoms with Crippen molar-refractivity contribution >= 4 is 88.3 Å². The van der Waals surface area contributed by atoms with Gasteiger partial charge in [-0.15, -0.1) is 0 Å². The van der Waals surface area contributed by atoms with E-state index in [1.807, 2.05) is 158 Å². The van der Waals surface area contributed by atoms with Crippen molar-refractivity contribution in [2.45, 2.75) is 0 Å². The molecule has 14 nitrogen and oxygen atoms in total. The van der Waals surface area contributed by atoms with Crippen LogP contribution in [-0.4, -0.2) is 39.9 Å². The Hall–Kier alpha value is -8.57. The summed E-state index contributed by atoms with van der Waals surface area (Å²) in [7, 11) is 0. The quantitative estimate of drug-likeness (QED) is 0.102. The van der Waals surface area contributed by atoms with Crippen molar-refractivity contribution in [3.05, 3.63) is 196 Å². The zero-order chi connectivity index (χ0) is 46.7. The average molecular weight is 1120 g/mol. The van der Waals surface area contributed by atoms with Crippen molar-refractivity contribution in [1.29, 1.82) is 10.5 Å². The van der Waals surface area contributed by atoms with Crippen LogP contribution in [0.3, 0.4) is 0 Å². The Morgan fingerprint density at radius 3 is 0.653 bits per heavy atom. The number of fused-ring (bicyclic) bond motifs is 30. The topological polar surface area (TPSA) is 207 Å². The van der Waals surface area contributed by atoms with E-state index in [4.69, 9.17) is 70.3 Å². The predicted octanol–water partition coefficient (Wildman–Crippen LogP) is 11.5. The van der Waals surface area contributed by atoms with E-state index >= 15 is 0 Å². The van der Waals surface area contributed by atoms with Gasteiger partial charge in [-0.2, -0.15) is 10.5 Å². The van der Waals surface area contributed by atoms with Gasteiger partial charge in [0.05, 0.1) is 34.4 Å². The van der Waals surface area contributed by atoms with Crippen LogP contribution in [0.1, 0.15) is 11.1 Å². The van der Waals surface area contributed by atoms with Crippen LogP contribution < -0.4 is 19.9 Å². The van der Waals surface area contributed by atoms with Crippen molar-refractivity contribution < 1.29 is 58.4 Å². The van der Waals surface area contributed by atoms with Gasteiger partial charge in [0.1, 0.15) is 12.1 Å². The summed E-state index contributed by atoms with van der Waals surface area (Å²) in [5, 5.41) is 24.4. The smallest absolute Gasteiger partial charge is 0.101 e. The molecular formula is C58H34N14Zn3-6. The molecule has 2 aliphatic heterocycles. The summed E-state index contributed by atoms with van der Waals surface area (Å²) in [6.45, 7) is 0. The zero-order valence-electron chi connectivity index (χ0n) is 40.5.